The van der Waals surface area contributed by atoms with Gasteiger partial charge in [0, 0.05) is 41.4 Å². The second-order valence-corrected chi connectivity index (χ2v) is 10.0. The minimum Gasteiger partial charge on any atom is -0.354 e. The van der Waals surface area contributed by atoms with E-state index >= 15 is 0 Å². The molecule has 1 aliphatic heterocycles. The lowest BCUT2D eigenvalue weighted by molar-refractivity contribution is -0.137. The first-order chi connectivity index (χ1) is 15.2. The molecular weight excluding hydrogens is 396 g/mol. The molecule has 5 heteroatoms. The van der Waals surface area contributed by atoms with E-state index in [0.29, 0.717) is 12.0 Å². The van der Waals surface area contributed by atoms with Gasteiger partial charge in [-0.2, -0.15) is 0 Å². The number of carbonyl (C=O) groups excluding carboxylic acids is 1. The smallest absolute Gasteiger partial charge is 0.232 e. The van der Waals surface area contributed by atoms with Crippen LogP contribution in [0, 0.1) is 6.92 Å². The molecule has 0 saturated carbocycles. The van der Waals surface area contributed by atoms with Crippen LogP contribution in [0.4, 0.5) is 0 Å². The van der Waals surface area contributed by atoms with Crippen LogP contribution in [0.3, 0.4) is 0 Å². The molecule has 0 bridgehead atoms. The van der Waals surface area contributed by atoms with Gasteiger partial charge >= 0.3 is 0 Å². The van der Waals surface area contributed by atoms with Crippen LogP contribution in [-0.2, 0) is 10.2 Å². The molecule has 1 saturated heterocycles. The summed E-state index contributed by atoms with van der Waals surface area (Å²) in [6, 6.07) is 11.0. The highest BCUT2D eigenvalue weighted by Gasteiger charge is 2.36. The van der Waals surface area contributed by atoms with E-state index in [1.165, 1.54) is 10.9 Å². The van der Waals surface area contributed by atoms with Gasteiger partial charge in [0.2, 0.25) is 5.91 Å². The van der Waals surface area contributed by atoms with Crippen molar-refractivity contribution >= 4 is 16.8 Å². The lowest BCUT2D eigenvalue weighted by Crippen LogP contribution is -2.49. The number of aryl methyl sites for hydroxylation is 1. The van der Waals surface area contributed by atoms with Crippen molar-refractivity contribution < 1.29 is 4.79 Å². The highest BCUT2D eigenvalue weighted by Crippen LogP contribution is 2.38. The summed E-state index contributed by atoms with van der Waals surface area (Å²) >= 11 is 0. The van der Waals surface area contributed by atoms with E-state index in [-0.39, 0.29) is 5.91 Å². The molecule has 1 aliphatic rings. The predicted molar refractivity (Wildman–Crippen MR) is 132 cm³/mol. The van der Waals surface area contributed by atoms with E-state index in [1.807, 2.05) is 25.1 Å². The number of piperidine rings is 1. The van der Waals surface area contributed by atoms with Crippen molar-refractivity contribution in [2.24, 2.45) is 0 Å². The zero-order chi connectivity index (χ0) is 23.0. The highest BCUT2D eigenvalue weighted by atomic mass is 16.2. The van der Waals surface area contributed by atoms with Crippen molar-refractivity contribution in [3.05, 3.63) is 53.3 Å². The first-order valence-electron chi connectivity index (χ1n) is 11.8. The van der Waals surface area contributed by atoms with E-state index < -0.39 is 5.41 Å². The Bertz CT molecular complexity index is 1120. The first kappa shape index (κ1) is 22.5. The second kappa shape index (κ2) is 8.70. The number of hydrogen-bond acceptors (Lipinski definition) is 3. The molecule has 1 aromatic carbocycles. The predicted octanol–water partition coefficient (Wildman–Crippen LogP) is 5.15. The summed E-state index contributed by atoms with van der Waals surface area (Å²) in [5, 5.41) is 4.59. The summed E-state index contributed by atoms with van der Waals surface area (Å²) in [4.78, 5) is 23.6. The third-order valence-electron chi connectivity index (χ3n) is 7.03. The minimum absolute atomic E-state index is 0.190. The van der Waals surface area contributed by atoms with E-state index in [4.69, 9.17) is 0 Å². The van der Waals surface area contributed by atoms with Gasteiger partial charge in [0.05, 0.1) is 11.1 Å². The Kier molecular flexibility index (Phi) is 6.13. The van der Waals surface area contributed by atoms with E-state index in [1.54, 1.807) is 0 Å². The normalized spacial score (nSPS) is 15.5. The number of rotatable bonds is 5. The number of H-pyrrole nitrogens is 1. The number of pyridine rings is 1. The monoisotopic (exact) mass is 432 g/mol. The summed E-state index contributed by atoms with van der Waals surface area (Å²) in [6.07, 6.45) is 3.90. The lowest BCUT2D eigenvalue weighted by Gasteiger charge is -2.37. The SMILES string of the molecule is Cc1cc(-c2[nH]c3ccc(C(C)(C)C(=O)N(C)C4CCNCC4)cc3c2C(C)C)ccn1. The number of nitrogens with zero attached hydrogens (tertiary/aromatic N) is 2. The molecule has 1 fully saturated rings. The molecule has 0 radical (unpaired) electrons. The molecule has 3 heterocycles. The summed E-state index contributed by atoms with van der Waals surface area (Å²) < 4.78 is 0. The second-order valence-electron chi connectivity index (χ2n) is 10.0. The van der Waals surface area contributed by atoms with Crippen molar-refractivity contribution in [3.8, 4) is 11.3 Å². The highest BCUT2D eigenvalue weighted by molar-refractivity contribution is 5.94. The lowest BCUT2D eigenvalue weighted by atomic mass is 9.81. The number of aromatic nitrogens is 2. The Morgan fingerprint density at radius 3 is 2.53 bits per heavy atom. The Labute approximate surface area is 191 Å². The summed E-state index contributed by atoms with van der Waals surface area (Å²) in [6.45, 7) is 12.6. The van der Waals surface area contributed by atoms with Crippen LogP contribution < -0.4 is 5.32 Å². The van der Waals surface area contributed by atoms with Crippen molar-refractivity contribution in [2.45, 2.75) is 64.8 Å². The molecular formula is C27H36N4O. The molecule has 3 aromatic rings. The number of amides is 1. The number of benzene rings is 1. The van der Waals surface area contributed by atoms with E-state index in [2.05, 4.69) is 73.3 Å². The van der Waals surface area contributed by atoms with Gasteiger partial charge in [-0.05, 0) is 88.0 Å². The van der Waals surface area contributed by atoms with E-state index in [9.17, 15) is 4.79 Å². The van der Waals surface area contributed by atoms with Gasteiger partial charge in [0.1, 0.15) is 0 Å². The average Bonchev–Trinajstić information content (AvgIpc) is 3.18. The van der Waals surface area contributed by atoms with Crippen LogP contribution >= 0.6 is 0 Å². The number of fused-ring (bicyclic) bond motifs is 1. The van der Waals surface area contributed by atoms with Crippen LogP contribution in [0.25, 0.3) is 22.2 Å². The fourth-order valence-electron chi connectivity index (χ4n) is 5.05. The molecule has 0 unspecified atom stereocenters. The van der Waals surface area contributed by atoms with Gasteiger partial charge in [0.25, 0.3) is 0 Å². The molecule has 5 nitrogen and oxygen atoms in total. The van der Waals surface area contributed by atoms with Gasteiger partial charge in [0.15, 0.2) is 0 Å². The first-order valence-corrected chi connectivity index (χ1v) is 11.8. The van der Waals surface area contributed by atoms with Crippen LogP contribution in [0.2, 0.25) is 0 Å². The standard InChI is InChI=1S/C27H36N4O/c1-17(2)24-22-16-20(27(4,5)26(32)31(6)21-10-12-28-13-11-21)7-8-23(22)30-25(24)19-9-14-29-18(3)15-19/h7-9,14-17,21,28,30H,10-13H2,1-6H3. The molecule has 2 aromatic heterocycles. The number of carbonyl (C=O) groups is 1. The van der Waals surface area contributed by atoms with Gasteiger partial charge in [-0.1, -0.05) is 19.9 Å². The van der Waals surface area contributed by atoms with Crippen LogP contribution in [0.15, 0.2) is 36.5 Å². The van der Waals surface area contributed by atoms with Crippen molar-refractivity contribution in [3.63, 3.8) is 0 Å². The van der Waals surface area contributed by atoms with Crippen molar-refractivity contribution in [1.82, 2.24) is 20.2 Å². The largest absolute Gasteiger partial charge is 0.354 e. The van der Waals surface area contributed by atoms with Crippen LogP contribution in [0.1, 0.15) is 63.3 Å². The summed E-state index contributed by atoms with van der Waals surface area (Å²) in [5.41, 5.74) is 6.18. The van der Waals surface area contributed by atoms with Gasteiger partial charge in [-0.15, -0.1) is 0 Å². The topological polar surface area (TPSA) is 61.0 Å². The molecule has 0 spiro atoms. The Morgan fingerprint density at radius 1 is 1.16 bits per heavy atom. The van der Waals surface area contributed by atoms with Gasteiger partial charge < -0.3 is 15.2 Å². The quantitative estimate of drug-likeness (QED) is 0.586. The van der Waals surface area contributed by atoms with Gasteiger partial charge in [-0.3, -0.25) is 9.78 Å². The molecule has 4 rings (SSSR count). The maximum absolute atomic E-state index is 13.6. The number of hydrogen-bond donors (Lipinski definition) is 2. The maximum Gasteiger partial charge on any atom is 0.232 e. The fraction of sp³-hybridized carbons (Fsp3) is 0.481. The third kappa shape index (κ3) is 4.06. The summed E-state index contributed by atoms with van der Waals surface area (Å²) in [5.74, 6) is 0.536. The average molecular weight is 433 g/mol. The number of aromatic amines is 1. The molecule has 1 amide bonds. The third-order valence-corrected chi connectivity index (χ3v) is 7.03. The maximum atomic E-state index is 13.6. The van der Waals surface area contributed by atoms with Gasteiger partial charge in [-0.25, -0.2) is 0 Å². The Hall–Kier alpha value is -2.66. The minimum atomic E-state index is -0.591. The van der Waals surface area contributed by atoms with Crippen molar-refractivity contribution in [1.29, 1.82) is 0 Å². The molecule has 32 heavy (non-hydrogen) atoms. The van der Waals surface area contributed by atoms with Crippen molar-refractivity contribution in [2.75, 3.05) is 20.1 Å². The molecule has 0 atom stereocenters. The Morgan fingerprint density at radius 2 is 1.88 bits per heavy atom. The summed E-state index contributed by atoms with van der Waals surface area (Å²) in [7, 11) is 1.97. The van der Waals surface area contributed by atoms with Crippen LogP contribution in [0.5, 0.6) is 0 Å². The number of likely N-dealkylation sites (N-methyl/N-ethyl adjacent to an activating group) is 1. The molecule has 170 valence electrons. The molecule has 0 aliphatic carbocycles. The zero-order valence-electron chi connectivity index (χ0n) is 20.2. The number of nitrogens with one attached hydrogen (secondary N) is 2. The van der Waals surface area contributed by atoms with E-state index in [0.717, 1.165) is 54.0 Å². The zero-order valence-corrected chi connectivity index (χ0v) is 20.2. The van der Waals surface area contributed by atoms with Crippen LogP contribution in [-0.4, -0.2) is 47.0 Å². The fourth-order valence-corrected chi connectivity index (χ4v) is 5.05. The Balaban J connectivity index is 1.75. The molecule has 2 N–H and O–H groups in total.